The minimum absolute atomic E-state index is 0.169. The number of fused-ring (bicyclic) bond motifs is 1. The highest BCUT2D eigenvalue weighted by Crippen LogP contribution is 2.25. The third-order valence-corrected chi connectivity index (χ3v) is 5.04. The van der Waals surface area contributed by atoms with Crippen LogP contribution in [0.3, 0.4) is 0 Å². The average molecular weight is 377 g/mol. The fourth-order valence-corrected chi connectivity index (χ4v) is 3.65. The summed E-state index contributed by atoms with van der Waals surface area (Å²) in [6.45, 7) is 0. The highest BCUT2D eigenvalue weighted by Gasteiger charge is 2.14. The number of para-hydroxylation sites is 3. The Kier molecular flexibility index (Phi) is 4.89. The van der Waals surface area contributed by atoms with Crippen LogP contribution in [0.5, 0.6) is 0 Å². The van der Waals surface area contributed by atoms with Crippen LogP contribution in [-0.4, -0.2) is 15.9 Å². The molecule has 0 unspecified atom stereocenters. The van der Waals surface area contributed by atoms with Gasteiger partial charge in [-0.25, -0.2) is 9.37 Å². The smallest absolute Gasteiger partial charge is 0.256 e. The zero-order chi connectivity index (χ0) is 18.6. The lowest BCUT2D eigenvalue weighted by Crippen LogP contribution is -2.14. The van der Waals surface area contributed by atoms with Gasteiger partial charge in [0, 0.05) is 11.3 Å². The van der Waals surface area contributed by atoms with Crippen LogP contribution in [0.25, 0.3) is 11.0 Å². The van der Waals surface area contributed by atoms with E-state index in [0.29, 0.717) is 11.3 Å². The van der Waals surface area contributed by atoms with E-state index in [-0.39, 0.29) is 11.6 Å². The number of benzene rings is 3. The molecule has 0 saturated heterocycles. The number of nitrogens with one attached hydrogen (secondary N) is 2. The van der Waals surface area contributed by atoms with E-state index in [2.05, 4.69) is 15.3 Å². The number of H-pyrrole nitrogens is 1. The summed E-state index contributed by atoms with van der Waals surface area (Å²) in [6.07, 6.45) is 0. The minimum Gasteiger partial charge on any atom is -0.333 e. The molecule has 1 aromatic heterocycles. The monoisotopic (exact) mass is 377 g/mol. The van der Waals surface area contributed by atoms with Gasteiger partial charge in [-0.15, -0.1) is 0 Å². The Morgan fingerprint density at radius 2 is 1.74 bits per heavy atom. The van der Waals surface area contributed by atoms with Crippen LogP contribution in [0.1, 0.15) is 15.9 Å². The number of hydrogen-bond donors (Lipinski definition) is 2. The van der Waals surface area contributed by atoms with E-state index in [1.54, 1.807) is 30.3 Å². The van der Waals surface area contributed by atoms with E-state index < -0.39 is 5.82 Å². The Balaban J connectivity index is 1.52. The summed E-state index contributed by atoms with van der Waals surface area (Å²) < 4.78 is 13.8. The summed E-state index contributed by atoms with van der Waals surface area (Å²) in [7, 11) is 0. The molecule has 1 heterocycles. The number of aromatic amines is 1. The molecule has 6 heteroatoms. The second-order valence-electron chi connectivity index (χ2n) is 5.94. The molecule has 0 aliphatic carbocycles. The van der Waals surface area contributed by atoms with Gasteiger partial charge in [-0.05, 0) is 35.9 Å². The summed E-state index contributed by atoms with van der Waals surface area (Å²) in [5.74, 6) is -0.221. The van der Waals surface area contributed by atoms with Crippen molar-refractivity contribution in [2.45, 2.75) is 10.9 Å². The van der Waals surface area contributed by atoms with Crippen LogP contribution in [0.4, 0.5) is 10.1 Å². The summed E-state index contributed by atoms with van der Waals surface area (Å²) in [5, 5.41) is 3.43. The van der Waals surface area contributed by atoms with Gasteiger partial charge in [0.1, 0.15) is 5.82 Å². The van der Waals surface area contributed by atoms with Gasteiger partial charge < -0.3 is 10.3 Å². The summed E-state index contributed by atoms with van der Waals surface area (Å²) in [6, 6.07) is 21.3. The number of imidazole rings is 1. The first-order valence-corrected chi connectivity index (χ1v) is 9.40. The van der Waals surface area contributed by atoms with E-state index in [0.717, 1.165) is 21.8 Å². The molecule has 0 radical (unpaired) electrons. The number of amides is 1. The molecule has 0 aliphatic heterocycles. The van der Waals surface area contributed by atoms with Gasteiger partial charge in [0.2, 0.25) is 0 Å². The van der Waals surface area contributed by atoms with Gasteiger partial charge in [-0.1, -0.05) is 54.2 Å². The number of hydrogen-bond acceptors (Lipinski definition) is 3. The van der Waals surface area contributed by atoms with Gasteiger partial charge in [-0.2, -0.15) is 0 Å². The first-order valence-electron chi connectivity index (χ1n) is 8.42. The molecule has 0 saturated carbocycles. The van der Waals surface area contributed by atoms with Crippen LogP contribution >= 0.6 is 11.8 Å². The molecule has 0 aliphatic rings. The molecule has 27 heavy (non-hydrogen) atoms. The molecule has 3 aromatic carbocycles. The molecule has 1 amide bonds. The van der Waals surface area contributed by atoms with Gasteiger partial charge in [0.05, 0.1) is 16.7 Å². The van der Waals surface area contributed by atoms with Crippen molar-refractivity contribution in [2.75, 3.05) is 5.32 Å². The largest absolute Gasteiger partial charge is 0.333 e. The lowest BCUT2D eigenvalue weighted by molar-refractivity contribution is 0.102. The highest BCUT2D eigenvalue weighted by atomic mass is 32.2. The fraction of sp³-hybridized carbons (Fsp3) is 0.0476. The zero-order valence-electron chi connectivity index (χ0n) is 14.3. The second kappa shape index (κ2) is 7.63. The van der Waals surface area contributed by atoms with E-state index >= 15 is 0 Å². The van der Waals surface area contributed by atoms with E-state index in [9.17, 15) is 9.18 Å². The van der Waals surface area contributed by atoms with Crippen molar-refractivity contribution in [1.82, 2.24) is 9.97 Å². The van der Waals surface area contributed by atoms with Gasteiger partial charge in [0.25, 0.3) is 5.91 Å². The Hall–Kier alpha value is -3.12. The maximum absolute atomic E-state index is 13.8. The molecule has 0 spiro atoms. The number of nitrogens with zero attached hydrogens (tertiary/aromatic N) is 1. The van der Waals surface area contributed by atoms with E-state index in [4.69, 9.17) is 0 Å². The van der Waals surface area contributed by atoms with Crippen molar-refractivity contribution in [3.8, 4) is 0 Å². The number of anilines is 1. The van der Waals surface area contributed by atoms with Crippen LogP contribution in [0.15, 0.2) is 78.0 Å². The molecule has 4 nitrogen and oxygen atoms in total. The molecule has 2 N–H and O–H groups in total. The number of rotatable bonds is 5. The average Bonchev–Trinajstić information content (AvgIpc) is 3.11. The van der Waals surface area contributed by atoms with Crippen molar-refractivity contribution in [2.24, 2.45) is 0 Å². The van der Waals surface area contributed by atoms with Crippen LogP contribution in [-0.2, 0) is 5.75 Å². The van der Waals surface area contributed by atoms with E-state index in [1.807, 2.05) is 36.4 Å². The van der Waals surface area contributed by atoms with Crippen molar-refractivity contribution >= 4 is 34.4 Å². The number of carbonyl (C=O) groups is 1. The fourth-order valence-electron chi connectivity index (χ4n) is 2.76. The topological polar surface area (TPSA) is 57.8 Å². The minimum atomic E-state index is -0.458. The van der Waals surface area contributed by atoms with Crippen molar-refractivity contribution in [3.05, 3.63) is 89.7 Å². The Morgan fingerprint density at radius 1 is 1.00 bits per heavy atom. The Labute approximate surface area is 159 Å². The van der Waals surface area contributed by atoms with Crippen molar-refractivity contribution < 1.29 is 9.18 Å². The third-order valence-electron chi connectivity index (χ3n) is 4.12. The molecule has 0 fully saturated rings. The molecule has 134 valence electrons. The van der Waals surface area contributed by atoms with Crippen LogP contribution in [0.2, 0.25) is 0 Å². The number of aromatic nitrogens is 2. The van der Waals surface area contributed by atoms with Crippen molar-refractivity contribution in [1.29, 1.82) is 0 Å². The maximum atomic E-state index is 13.8. The first kappa shape index (κ1) is 17.3. The quantitative estimate of drug-likeness (QED) is 0.467. The Bertz CT molecular complexity index is 1080. The summed E-state index contributed by atoms with van der Waals surface area (Å²) in [4.78, 5) is 20.4. The van der Waals surface area contributed by atoms with Crippen LogP contribution < -0.4 is 5.32 Å². The van der Waals surface area contributed by atoms with Gasteiger partial charge >= 0.3 is 0 Å². The predicted molar refractivity (Wildman–Crippen MR) is 106 cm³/mol. The first-order chi connectivity index (χ1) is 13.2. The number of carbonyl (C=O) groups excluding carboxylic acids is 1. The standard InChI is InChI=1S/C21H16FN3OS/c22-16-9-3-4-10-17(16)23-20(26)15-8-2-1-7-14(15)13-27-21-24-18-11-5-6-12-19(18)25-21/h1-12H,13H2,(H,23,26)(H,24,25). The predicted octanol–water partition coefficient (Wildman–Crippen LogP) is 5.25. The molecule has 0 bridgehead atoms. The normalized spacial score (nSPS) is 10.9. The highest BCUT2D eigenvalue weighted by molar-refractivity contribution is 7.98. The molecule has 4 rings (SSSR count). The Morgan fingerprint density at radius 3 is 2.59 bits per heavy atom. The van der Waals surface area contributed by atoms with Gasteiger partial charge in [0.15, 0.2) is 5.16 Å². The zero-order valence-corrected chi connectivity index (χ0v) is 15.1. The van der Waals surface area contributed by atoms with Gasteiger partial charge in [-0.3, -0.25) is 4.79 Å². The SMILES string of the molecule is O=C(Nc1ccccc1F)c1ccccc1CSc1nc2ccccc2[nH]1. The number of halogens is 1. The number of thioether (sulfide) groups is 1. The summed E-state index contributed by atoms with van der Waals surface area (Å²) >= 11 is 1.52. The van der Waals surface area contributed by atoms with Crippen LogP contribution in [0, 0.1) is 5.82 Å². The van der Waals surface area contributed by atoms with Crippen molar-refractivity contribution in [3.63, 3.8) is 0 Å². The molecular formula is C21H16FN3OS. The molecular weight excluding hydrogens is 361 g/mol. The maximum Gasteiger partial charge on any atom is 0.256 e. The molecule has 0 atom stereocenters. The lowest BCUT2D eigenvalue weighted by Gasteiger charge is -2.10. The van der Waals surface area contributed by atoms with E-state index in [1.165, 1.54) is 17.8 Å². The molecule has 4 aromatic rings. The third kappa shape index (κ3) is 3.85. The second-order valence-corrected chi connectivity index (χ2v) is 6.90. The lowest BCUT2D eigenvalue weighted by atomic mass is 10.1. The summed E-state index contributed by atoms with van der Waals surface area (Å²) in [5.41, 5.74) is 3.43.